The fourth-order valence-corrected chi connectivity index (χ4v) is 4.38. The third kappa shape index (κ3) is 2.06. The third-order valence-electron chi connectivity index (χ3n) is 5.33. The molecule has 0 aromatic heterocycles. The molecule has 2 aliphatic carbocycles. The highest BCUT2D eigenvalue weighted by atomic mass is 16.1. The van der Waals surface area contributed by atoms with Crippen LogP contribution in [-0.4, -0.2) is 5.78 Å². The summed E-state index contributed by atoms with van der Waals surface area (Å²) < 4.78 is 0. The molecular weight excluding hydrogens is 208 g/mol. The Morgan fingerprint density at radius 2 is 1.35 bits per heavy atom. The fourth-order valence-electron chi connectivity index (χ4n) is 4.38. The number of unbranched alkanes of at least 4 members (excludes halogenated alkanes) is 2. The number of rotatable bonds is 6. The zero-order valence-corrected chi connectivity index (χ0v) is 12.0. The molecule has 0 aromatic rings. The highest BCUT2D eigenvalue weighted by Crippen LogP contribution is 2.71. The summed E-state index contributed by atoms with van der Waals surface area (Å²) >= 11 is 0. The molecule has 0 aliphatic heterocycles. The molecule has 4 atom stereocenters. The average Bonchev–Trinajstić information content (AvgIpc) is 2.70. The van der Waals surface area contributed by atoms with E-state index in [2.05, 4.69) is 27.7 Å². The summed E-state index contributed by atoms with van der Waals surface area (Å²) in [5.74, 6) is 2.90. The highest BCUT2D eigenvalue weighted by Gasteiger charge is 2.70. The van der Waals surface area contributed by atoms with Crippen molar-refractivity contribution in [3.05, 3.63) is 0 Å². The Balaban J connectivity index is 2.03. The second-order valence-corrected chi connectivity index (χ2v) is 6.77. The van der Waals surface area contributed by atoms with Crippen molar-refractivity contribution in [2.24, 2.45) is 29.1 Å². The van der Waals surface area contributed by atoms with Gasteiger partial charge in [-0.25, -0.2) is 0 Å². The van der Waals surface area contributed by atoms with Crippen molar-refractivity contribution in [1.29, 1.82) is 0 Å². The summed E-state index contributed by atoms with van der Waals surface area (Å²) in [5, 5.41) is 0. The van der Waals surface area contributed by atoms with Crippen molar-refractivity contribution in [3.63, 3.8) is 0 Å². The number of carbonyl (C=O) groups excluding carboxylic acids is 1. The summed E-state index contributed by atoms with van der Waals surface area (Å²) in [5.41, 5.74) is 0.463. The molecule has 1 nitrogen and oxygen atoms in total. The molecule has 2 fully saturated rings. The normalized spacial score (nSPS) is 38.2. The third-order valence-corrected chi connectivity index (χ3v) is 5.33. The lowest BCUT2D eigenvalue weighted by molar-refractivity contribution is -0.126. The molecule has 2 aliphatic rings. The Kier molecular flexibility index (Phi) is 3.66. The van der Waals surface area contributed by atoms with Gasteiger partial charge in [0.25, 0.3) is 0 Å². The molecule has 4 unspecified atom stereocenters. The van der Waals surface area contributed by atoms with E-state index in [1.54, 1.807) is 0 Å². The molecule has 2 saturated carbocycles. The van der Waals surface area contributed by atoms with Gasteiger partial charge in [0, 0.05) is 11.8 Å². The van der Waals surface area contributed by atoms with Gasteiger partial charge in [-0.1, -0.05) is 53.4 Å². The number of ketones is 1. The molecule has 98 valence electrons. The van der Waals surface area contributed by atoms with Crippen LogP contribution in [-0.2, 0) is 4.79 Å². The number of hydrogen-bond donors (Lipinski definition) is 0. The Labute approximate surface area is 106 Å². The van der Waals surface area contributed by atoms with Crippen LogP contribution in [0.5, 0.6) is 0 Å². The SMILES string of the molecule is CCCCC1C(=O)C(CCCC)C2C1C2(C)C. The minimum absolute atomic E-state index is 0.414. The van der Waals surface area contributed by atoms with Crippen LogP contribution >= 0.6 is 0 Å². The summed E-state index contributed by atoms with van der Waals surface area (Å²) in [4.78, 5) is 12.4. The van der Waals surface area contributed by atoms with Crippen molar-refractivity contribution >= 4 is 5.78 Å². The predicted octanol–water partition coefficient (Wildman–Crippen LogP) is 4.45. The van der Waals surface area contributed by atoms with E-state index >= 15 is 0 Å². The smallest absolute Gasteiger partial charge is 0.139 e. The first-order valence-corrected chi connectivity index (χ1v) is 7.59. The van der Waals surface area contributed by atoms with Crippen LogP contribution in [0.2, 0.25) is 0 Å². The van der Waals surface area contributed by atoms with Crippen molar-refractivity contribution in [2.45, 2.75) is 66.2 Å². The fraction of sp³-hybridized carbons (Fsp3) is 0.938. The van der Waals surface area contributed by atoms with Gasteiger partial charge in [-0.2, -0.15) is 0 Å². The van der Waals surface area contributed by atoms with Crippen LogP contribution in [0.4, 0.5) is 0 Å². The molecule has 17 heavy (non-hydrogen) atoms. The maximum atomic E-state index is 12.4. The van der Waals surface area contributed by atoms with E-state index in [0.29, 0.717) is 23.0 Å². The molecule has 1 heteroatoms. The largest absolute Gasteiger partial charge is 0.299 e. The van der Waals surface area contributed by atoms with Gasteiger partial charge in [0.15, 0.2) is 0 Å². The van der Waals surface area contributed by atoms with Gasteiger partial charge in [0.1, 0.15) is 5.78 Å². The highest BCUT2D eigenvalue weighted by molar-refractivity contribution is 5.88. The first kappa shape index (κ1) is 13.1. The molecule has 0 radical (unpaired) electrons. The van der Waals surface area contributed by atoms with Crippen LogP contribution in [0, 0.1) is 29.1 Å². The van der Waals surface area contributed by atoms with Gasteiger partial charge >= 0.3 is 0 Å². The van der Waals surface area contributed by atoms with E-state index in [4.69, 9.17) is 0 Å². The monoisotopic (exact) mass is 236 g/mol. The van der Waals surface area contributed by atoms with Gasteiger partial charge in [-0.15, -0.1) is 0 Å². The van der Waals surface area contributed by atoms with E-state index in [1.807, 2.05) is 0 Å². The van der Waals surface area contributed by atoms with Crippen LogP contribution in [0.1, 0.15) is 66.2 Å². The maximum Gasteiger partial charge on any atom is 0.139 e. The lowest BCUT2D eigenvalue weighted by atomic mass is 9.82. The minimum Gasteiger partial charge on any atom is -0.299 e. The summed E-state index contributed by atoms with van der Waals surface area (Å²) in [6, 6.07) is 0. The molecule has 0 N–H and O–H groups in total. The van der Waals surface area contributed by atoms with Crippen molar-refractivity contribution in [2.75, 3.05) is 0 Å². The van der Waals surface area contributed by atoms with Gasteiger partial charge in [0.05, 0.1) is 0 Å². The average molecular weight is 236 g/mol. The van der Waals surface area contributed by atoms with Crippen molar-refractivity contribution in [3.8, 4) is 0 Å². The Hall–Kier alpha value is -0.330. The van der Waals surface area contributed by atoms with E-state index < -0.39 is 0 Å². The molecular formula is C16H28O. The second-order valence-electron chi connectivity index (χ2n) is 6.77. The van der Waals surface area contributed by atoms with E-state index in [-0.39, 0.29) is 0 Å². The zero-order chi connectivity index (χ0) is 12.6. The van der Waals surface area contributed by atoms with Crippen LogP contribution < -0.4 is 0 Å². The molecule has 0 saturated heterocycles. The van der Waals surface area contributed by atoms with E-state index in [1.165, 1.54) is 25.7 Å². The quantitative estimate of drug-likeness (QED) is 0.665. The Morgan fingerprint density at radius 3 is 1.71 bits per heavy atom. The molecule has 0 bridgehead atoms. The Morgan fingerprint density at radius 1 is 0.941 bits per heavy atom. The predicted molar refractivity (Wildman–Crippen MR) is 71.8 cm³/mol. The van der Waals surface area contributed by atoms with E-state index in [0.717, 1.165) is 24.7 Å². The number of Topliss-reactive ketones (excluding diaryl/α,β-unsaturated/α-hetero) is 1. The maximum absolute atomic E-state index is 12.4. The molecule has 2 rings (SSSR count). The number of carbonyl (C=O) groups is 1. The lowest BCUT2D eigenvalue weighted by Gasteiger charge is -2.21. The van der Waals surface area contributed by atoms with Crippen LogP contribution in [0.25, 0.3) is 0 Å². The standard InChI is InChI=1S/C16H28O/c1-5-7-9-11-13-14(16(13,3)4)12(15(11)17)10-8-6-2/h11-14H,5-10H2,1-4H3. The summed E-state index contributed by atoms with van der Waals surface area (Å²) in [7, 11) is 0. The van der Waals surface area contributed by atoms with E-state index in [9.17, 15) is 4.79 Å². The second kappa shape index (κ2) is 4.74. The lowest BCUT2D eigenvalue weighted by Crippen LogP contribution is -2.24. The molecule has 0 spiro atoms. The first-order chi connectivity index (χ1) is 8.05. The minimum atomic E-state index is 0.414. The summed E-state index contributed by atoms with van der Waals surface area (Å²) in [6.45, 7) is 9.21. The van der Waals surface area contributed by atoms with Crippen LogP contribution in [0.3, 0.4) is 0 Å². The number of hydrogen-bond acceptors (Lipinski definition) is 1. The van der Waals surface area contributed by atoms with Gasteiger partial charge in [0.2, 0.25) is 0 Å². The zero-order valence-electron chi connectivity index (χ0n) is 12.0. The number of fused-ring (bicyclic) bond motifs is 1. The first-order valence-electron chi connectivity index (χ1n) is 7.59. The Bertz CT molecular complexity index is 266. The van der Waals surface area contributed by atoms with Crippen molar-refractivity contribution in [1.82, 2.24) is 0 Å². The van der Waals surface area contributed by atoms with Gasteiger partial charge < -0.3 is 0 Å². The van der Waals surface area contributed by atoms with Gasteiger partial charge in [-0.05, 0) is 30.1 Å². The summed E-state index contributed by atoms with van der Waals surface area (Å²) in [6.07, 6.45) is 7.22. The molecule has 0 heterocycles. The topological polar surface area (TPSA) is 17.1 Å². The molecule has 0 amide bonds. The van der Waals surface area contributed by atoms with Crippen LogP contribution in [0.15, 0.2) is 0 Å². The van der Waals surface area contributed by atoms with Crippen molar-refractivity contribution < 1.29 is 4.79 Å². The molecule has 0 aromatic carbocycles. The van der Waals surface area contributed by atoms with Gasteiger partial charge in [-0.3, -0.25) is 4.79 Å².